The van der Waals surface area contributed by atoms with Crippen molar-refractivity contribution in [3.8, 4) is 5.75 Å². The largest absolute Gasteiger partial charge is 0.482 e. The Labute approximate surface area is 137 Å². The van der Waals surface area contributed by atoms with E-state index in [2.05, 4.69) is 5.16 Å². The summed E-state index contributed by atoms with van der Waals surface area (Å²) in [5.41, 5.74) is -0.0305. The molecule has 0 bridgehead atoms. The molecule has 0 unspecified atom stereocenters. The lowest BCUT2D eigenvalue weighted by Gasteiger charge is -2.23. The molecule has 1 N–H and O–H groups in total. The van der Waals surface area contributed by atoms with Crippen LogP contribution in [-0.4, -0.2) is 39.6 Å². The molecule has 1 aromatic carbocycles. The highest BCUT2D eigenvalue weighted by Gasteiger charge is 2.24. The van der Waals surface area contributed by atoms with Crippen molar-refractivity contribution in [2.45, 2.75) is 26.5 Å². The number of aromatic nitrogens is 1. The second-order valence-corrected chi connectivity index (χ2v) is 5.32. The molecule has 0 aliphatic rings. The third kappa shape index (κ3) is 4.31. The summed E-state index contributed by atoms with van der Waals surface area (Å²) in [5, 5.41) is 12.5. The Bertz CT molecular complexity index is 729. The molecular formula is C16H17FN2O5. The summed E-state index contributed by atoms with van der Waals surface area (Å²) < 4.78 is 23.7. The molecule has 7 nitrogen and oxygen atoms in total. The number of amides is 1. The van der Waals surface area contributed by atoms with Crippen LogP contribution in [0.25, 0.3) is 0 Å². The molecule has 2 rings (SSSR count). The van der Waals surface area contributed by atoms with Crippen LogP contribution in [0.2, 0.25) is 0 Å². The second kappa shape index (κ2) is 7.58. The summed E-state index contributed by atoms with van der Waals surface area (Å²) in [7, 11) is 0. The van der Waals surface area contributed by atoms with Gasteiger partial charge in [0.15, 0.2) is 23.0 Å². The molecule has 1 aromatic heterocycles. The van der Waals surface area contributed by atoms with Gasteiger partial charge in [0.2, 0.25) is 0 Å². The first-order valence-electron chi connectivity index (χ1n) is 7.24. The number of halogens is 1. The molecule has 1 amide bonds. The molecule has 8 heteroatoms. The first-order chi connectivity index (χ1) is 11.4. The minimum absolute atomic E-state index is 0.0305. The van der Waals surface area contributed by atoms with Crippen LogP contribution in [-0.2, 0) is 11.4 Å². The van der Waals surface area contributed by atoms with Crippen molar-refractivity contribution in [2.75, 3.05) is 6.54 Å². The van der Waals surface area contributed by atoms with Gasteiger partial charge in [0.25, 0.3) is 5.91 Å². The van der Waals surface area contributed by atoms with Gasteiger partial charge >= 0.3 is 5.97 Å². The van der Waals surface area contributed by atoms with Crippen molar-refractivity contribution in [1.29, 1.82) is 0 Å². The average Bonchev–Trinajstić information content (AvgIpc) is 3.00. The normalized spacial score (nSPS) is 10.7. The topological polar surface area (TPSA) is 92.9 Å². The predicted molar refractivity (Wildman–Crippen MR) is 81.0 cm³/mol. The number of benzene rings is 1. The summed E-state index contributed by atoms with van der Waals surface area (Å²) in [5.74, 6) is -1.92. The van der Waals surface area contributed by atoms with Crippen LogP contribution < -0.4 is 4.74 Å². The minimum Gasteiger partial charge on any atom is -0.482 e. The second-order valence-electron chi connectivity index (χ2n) is 5.32. The lowest BCUT2D eigenvalue weighted by Crippen LogP contribution is -2.40. The molecule has 24 heavy (non-hydrogen) atoms. The molecule has 0 aliphatic heterocycles. The fraction of sp³-hybridized carbons (Fsp3) is 0.312. The van der Waals surface area contributed by atoms with Gasteiger partial charge in [0.1, 0.15) is 13.2 Å². The van der Waals surface area contributed by atoms with E-state index in [0.717, 1.165) is 4.90 Å². The molecule has 0 radical (unpaired) electrons. The van der Waals surface area contributed by atoms with Crippen LogP contribution in [0.3, 0.4) is 0 Å². The Kier molecular flexibility index (Phi) is 5.51. The molecule has 0 atom stereocenters. The molecule has 0 aliphatic carbocycles. The van der Waals surface area contributed by atoms with E-state index in [-0.39, 0.29) is 29.9 Å². The van der Waals surface area contributed by atoms with Crippen molar-refractivity contribution in [3.05, 3.63) is 47.6 Å². The summed E-state index contributed by atoms with van der Waals surface area (Å²) >= 11 is 0. The van der Waals surface area contributed by atoms with Crippen LogP contribution in [0.5, 0.6) is 5.75 Å². The number of ether oxygens (including phenoxy) is 1. The van der Waals surface area contributed by atoms with Crippen molar-refractivity contribution < 1.29 is 28.3 Å². The third-order valence-electron chi connectivity index (χ3n) is 3.17. The van der Waals surface area contributed by atoms with E-state index >= 15 is 0 Å². The highest BCUT2D eigenvalue weighted by molar-refractivity contribution is 5.94. The van der Waals surface area contributed by atoms with Crippen LogP contribution in [0.4, 0.5) is 4.39 Å². The zero-order valence-corrected chi connectivity index (χ0v) is 13.2. The monoisotopic (exact) mass is 336 g/mol. The van der Waals surface area contributed by atoms with Gasteiger partial charge in [0, 0.05) is 12.1 Å². The third-order valence-corrected chi connectivity index (χ3v) is 3.17. The van der Waals surface area contributed by atoms with Crippen molar-refractivity contribution in [2.24, 2.45) is 0 Å². The number of carboxylic acids is 1. The van der Waals surface area contributed by atoms with E-state index in [1.807, 2.05) is 0 Å². The number of carbonyl (C=O) groups is 2. The van der Waals surface area contributed by atoms with E-state index in [4.69, 9.17) is 14.4 Å². The Balaban J connectivity index is 2.05. The molecule has 1 heterocycles. The van der Waals surface area contributed by atoms with Gasteiger partial charge in [-0.15, -0.1) is 0 Å². The Morgan fingerprint density at radius 3 is 2.71 bits per heavy atom. The summed E-state index contributed by atoms with van der Waals surface area (Å²) in [6.07, 6.45) is 0. The molecule has 0 saturated carbocycles. The fourth-order valence-corrected chi connectivity index (χ4v) is 1.97. The quantitative estimate of drug-likeness (QED) is 0.834. The van der Waals surface area contributed by atoms with Gasteiger partial charge in [-0.05, 0) is 26.0 Å². The molecule has 128 valence electrons. The molecule has 2 aromatic rings. The van der Waals surface area contributed by atoms with E-state index in [9.17, 15) is 14.0 Å². The fourth-order valence-electron chi connectivity index (χ4n) is 1.97. The van der Waals surface area contributed by atoms with Crippen LogP contribution >= 0.6 is 0 Å². The first kappa shape index (κ1) is 17.5. The van der Waals surface area contributed by atoms with Crippen LogP contribution in [0.1, 0.15) is 30.1 Å². The standard InChI is InChI=1S/C16H17FN2O5/c1-10(2)19(8-15(20)21)16(22)13-7-11(24-18-13)9-23-14-6-4-3-5-12(14)17/h3-7,10H,8-9H2,1-2H3,(H,20,21). The van der Waals surface area contributed by atoms with Gasteiger partial charge in [0.05, 0.1) is 0 Å². The highest BCUT2D eigenvalue weighted by atomic mass is 19.1. The summed E-state index contributed by atoms with van der Waals surface area (Å²) in [6, 6.07) is 6.92. The van der Waals surface area contributed by atoms with E-state index < -0.39 is 24.2 Å². The predicted octanol–water partition coefficient (Wildman–Crippen LogP) is 2.33. The van der Waals surface area contributed by atoms with Gasteiger partial charge in [-0.3, -0.25) is 9.59 Å². The Hall–Kier alpha value is -2.90. The number of aliphatic carboxylic acids is 1. The Morgan fingerprint density at radius 2 is 2.08 bits per heavy atom. The zero-order valence-electron chi connectivity index (χ0n) is 13.2. The Morgan fingerprint density at radius 1 is 1.38 bits per heavy atom. The lowest BCUT2D eigenvalue weighted by atomic mass is 10.2. The van der Waals surface area contributed by atoms with E-state index in [1.165, 1.54) is 24.3 Å². The minimum atomic E-state index is -1.12. The van der Waals surface area contributed by atoms with Gasteiger partial charge in [-0.2, -0.15) is 0 Å². The summed E-state index contributed by atoms with van der Waals surface area (Å²) in [6.45, 7) is 2.85. The maximum atomic E-state index is 13.5. The lowest BCUT2D eigenvalue weighted by molar-refractivity contribution is -0.138. The van der Waals surface area contributed by atoms with Gasteiger partial charge in [-0.25, -0.2) is 4.39 Å². The average molecular weight is 336 g/mol. The van der Waals surface area contributed by atoms with Crippen LogP contribution in [0.15, 0.2) is 34.9 Å². The van der Waals surface area contributed by atoms with Gasteiger partial charge in [-0.1, -0.05) is 17.3 Å². The van der Waals surface area contributed by atoms with Crippen LogP contribution in [0, 0.1) is 5.82 Å². The van der Waals surface area contributed by atoms with Crippen molar-refractivity contribution >= 4 is 11.9 Å². The maximum absolute atomic E-state index is 13.5. The van der Waals surface area contributed by atoms with Crippen molar-refractivity contribution in [3.63, 3.8) is 0 Å². The van der Waals surface area contributed by atoms with E-state index in [1.54, 1.807) is 19.9 Å². The smallest absolute Gasteiger partial charge is 0.323 e. The molecular weight excluding hydrogens is 319 g/mol. The number of nitrogens with zero attached hydrogens (tertiary/aromatic N) is 2. The number of hydrogen-bond donors (Lipinski definition) is 1. The maximum Gasteiger partial charge on any atom is 0.323 e. The molecule has 0 fully saturated rings. The first-order valence-corrected chi connectivity index (χ1v) is 7.24. The molecule has 0 saturated heterocycles. The van der Waals surface area contributed by atoms with Gasteiger partial charge < -0.3 is 19.3 Å². The number of carboxylic acid groups (broad SMARTS) is 1. The van der Waals surface area contributed by atoms with Crippen molar-refractivity contribution in [1.82, 2.24) is 10.1 Å². The number of para-hydroxylation sites is 1. The molecule has 0 spiro atoms. The zero-order chi connectivity index (χ0) is 17.7. The number of rotatable bonds is 7. The number of carbonyl (C=O) groups excluding carboxylic acids is 1. The number of hydrogen-bond acceptors (Lipinski definition) is 5. The summed E-state index contributed by atoms with van der Waals surface area (Å²) in [4.78, 5) is 24.3. The SMILES string of the molecule is CC(C)N(CC(=O)O)C(=O)c1cc(COc2ccccc2F)on1. The highest BCUT2D eigenvalue weighted by Crippen LogP contribution is 2.18. The van der Waals surface area contributed by atoms with E-state index in [0.29, 0.717) is 0 Å².